The summed E-state index contributed by atoms with van der Waals surface area (Å²) in [4.78, 5) is 16.0. The fraction of sp³-hybridized carbons (Fsp3) is 0. The summed E-state index contributed by atoms with van der Waals surface area (Å²) in [6.45, 7) is 0. The van der Waals surface area contributed by atoms with Gasteiger partial charge in [-0.15, -0.1) is 0 Å². The third-order valence-corrected chi connectivity index (χ3v) is 3.56. The lowest BCUT2D eigenvalue weighted by atomic mass is 10.0. The van der Waals surface area contributed by atoms with Gasteiger partial charge in [0.25, 0.3) is 0 Å². The first-order valence-corrected chi connectivity index (χ1v) is 6.83. The summed E-state index contributed by atoms with van der Waals surface area (Å²) in [5.74, 6) is -0.951. The van der Waals surface area contributed by atoms with Crippen molar-refractivity contribution >= 4 is 32.8 Å². The minimum atomic E-state index is -0.951. The molecule has 0 radical (unpaired) electrons. The highest BCUT2D eigenvalue weighted by Gasteiger charge is 2.13. The van der Waals surface area contributed by atoms with Crippen molar-refractivity contribution in [2.24, 2.45) is 0 Å². The van der Waals surface area contributed by atoms with Crippen LogP contribution in [-0.2, 0) is 0 Å². The Morgan fingerprint density at radius 2 is 1.80 bits per heavy atom. The number of pyridine rings is 1. The topological polar surface area (TPSA) is 50.2 Å². The molecule has 3 rings (SSSR count). The molecule has 98 valence electrons. The molecular formula is C16H10BrNO2. The highest BCUT2D eigenvalue weighted by atomic mass is 79.9. The molecule has 0 aliphatic heterocycles. The summed E-state index contributed by atoms with van der Waals surface area (Å²) in [6.07, 6.45) is 0. The molecular weight excluding hydrogens is 318 g/mol. The molecule has 1 aromatic heterocycles. The average Bonchev–Trinajstić information content (AvgIpc) is 2.47. The van der Waals surface area contributed by atoms with Crippen LogP contribution in [0.4, 0.5) is 0 Å². The molecule has 0 saturated heterocycles. The fourth-order valence-corrected chi connectivity index (χ4v) is 2.49. The number of nitrogens with zero attached hydrogens (tertiary/aromatic N) is 1. The summed E-state index contributed by atoms with van der Waals surface area (Å²) in [7, 11) is 0. The van der Waals surface area contributed by atoms with E-state index in [2.05, 4.69) is 20.9 Å². The average molecular weight is 328 g/mol. The Balaban J connectivity index is 2.32. The van der Waals surface area contributed by atoms with E-state index in [9.17, 15) is 9.90 Å². The summed E-state index contributed by atoms with van der Waals surface area (Å²) < 4.78 is 0.835. The Morgan fingerprint density at radius 3 is 2.50 bits per heavy atom. The van der Waals surface area contributed by atoms with Gasteiger partial charge in [-0.05, 0) is 24.3 Å². The minimum absolute atomic E-state index is 0.259. The molecule has 0 saturated carbocycles. The Kier molecular flexibility index (Phi) is 3.24. The van der Waals surface area contributed by atoms with Crippen LogP contribution in [0.25, 0.3) is 22.2 Å². The Morgan fingerprint density at radius 1 is 1.05 bits per heavy atom. The summed E-state index contributed by atoms with van der Waals surface area (Å²) in [6, 6.07) is 16.6. The third kappa shape index (κ3) is 2.30. The third-order valence-electron chi connectivity index (χ3n) is 3.07. The number of halogens is 1. The zero-order valence-corrected chi connectivity index (χ0v) is 12.0. The van der Waals surface area contributed by atoms with Gasteiger partial charge in [0.05, 0.1) is 16.8 Å². The Bertz CT molecular complexity index is 800. The van der Waals surface area contributed by atoms with Crippen LogP contribution in [0, 0.1) is 0 Å². The van der Waals surface area contributed by atoms with Gasteiger partial charge in [0.15, 0.2) is 0 Å². The van der Waals surface area contributed by atoms with Gasteiger partial charge >= 0.3 is 5.97 Å². The second kappa shape index (κ2) is 5.06. The van der Waals surface area contributed by atoms with Crippen LogP contribution < -0.4 is 0 Å². The van der Waals surface area contributed by atoms with Gasteiger partial charge in [0, 0.05) is 15.4 Å². The molecule has 0 amide bonds. The largest absolute Gasteiger partial charge is 0.478 e. The highest BCUT2D eigenvalue weighted by Crippen LogP contribution is 2.27. The molecule has 2 aromatic carbocycles. The van der Waals surface area contributed by atoms with E-state index in [1.165, 1.54) is 0 Å². The zero-order chi connectivity index (χ0) is 14.1. The summed E-state index contributed by atoms with van der Waals surface area (Å²) in [5.41, 5.74) is 2.50. The summed E-state index contributed by atoms with van der Waals surface area (Å²) in [5, 5.41) is 10.0. The number of carboxylic acid groups (broad SMARTS) is 1. The van der Waals surface area contributed by atoms with Gasteiger partial charge in [-0.1, -0.05) is 46.3 Å². The second-order valence-electron chi connectivity index (χ2n) is 4.39. The van der Waals surface area contributed by atoms with Crippen LogP contribution in [0.15, 0.2) is 59.1 Å². The van der Waals surface area contributed by atoms with Crippen molar-refractivity contribution in [1.29, 1.82) is 0 Å². The number of hydrogen-bond donors (Lipinski definition) is 1. The molecule has 1 heterocycles. The standard InChI is InChI=1S/C16H10BrNO2/c17-11-6-7-14-12(8-11)13(16(19)20)9-15(18-14)10-4-2-1-3-5-10/h1-9H,(H,19,20). The van der Waals surface area contributed by atoms with Gasteiger partial charge in [-0.2, -0.15) is 0 Å². The monoisotopic (exact) mass is 327 g/mol. The van der Waals surface area contributed by atoms with E-state index >= 15 is 0 Å². The lowest BCUT2D eigenvalue weighted by molar-refractivity contribution is 0.0699. The summed E-state index contributed by atoms with van der Waals surface area (Å²) >= 11 is 3.36. The van der Waals surface area contributed by atoms with Gasteiger partial charge in [-0.3, -0.25) is 0 Å². The molecule has 0 aliphatic carbocycles. The molecule has 0 bridgehead atoms. The lowest BCUT2D eigenvalue weighted by Gasteiger charge is -2.07. The molecule has 0 aliphatic rings. The quantitative estimate of drug-likeness (QED) is 0.760. The van der Waals surface area contributed by atoms with Crippen molar-refractivity contribution in [3.8, 4) is 11.3 Å². The van der Waals surface area contributed by atoms with Gasteiger partial charge < -0.3 is 5.11 Å². The van der Waals surface area contributed by atoms with Crippen molar-refractivity contribution in [3.05, 3.63) is 64.6 Å². The number of rotatable bonds is 2. The SMILES string of the molecule is O=C(O)c1cc(-c2ccccc2)nc2ccc(Br)cc12. The fourth-order valence-electron chi connectivity index (χ4n) is 2.13. The van der Waals surface area contributed by atoms with Crippen molar-refractivity contribution in [2.45, 2.75) is 0 Å². The van der Waals surface area contributed by atoms with Gasteiger partial charge in [-0.25, -0.2) is 9.78 Å². The first kappa shape index (κ1) is 12.8. The van der Waals surface area contributed by atoms with Crippen LogP contribution >= 0.6 is 15.9 Å². The lowest BCUT2D eigenvalue weighted by Crippen LogP contribution is -2.00. The first-order chi connectivity index (χ1) is 9.65. The molecule has 20 heavy (non-hydrogen) atoms. The molecule has 1 N–H and O–H groups in total. The smallest absolute Gasteiger partial charge is 0.336 e. The van der Waals surface area contributed by atoms with E-state index in [1.54, 1.807) is 12.1 Å². The van der Waals surface area contributed by atoms with Crippen molar-refractivity contribution in [1.82, 2.24) is 4.98 Å². The molecule has 3 aromatic rings. The molecule has 3 nitrogen and oxygen atoms in total. The minimum Gasteiger partial charge on any atom is -0.478 e. The molecule has 0 fully saturated rings. The maximum Gasteiger partial charge on any atom is 0.336 e. The number of aromatic nitrogens is 1. The van der Waals surface area contributed by atoms with Crippen molar-refractivity contribution < 1.29 is 9.90 Å². The molecule has 4 heteroatoms. The second-order valence-corrected chi connectivity index (χ2v) is 5.30. The Labute approximate surface area is 124 Å². The molecule has 0 unspecified atom stereocenters. The van der Waals surface area contributed by atoms with Crippen LogP contribution in [0.3, 0.4) is 0 Å². The van der Waals surface area contributed by atoms with E-state index in [1.807, 2.05) is 42.5 Å². The van der Waals surface area contributed by atoms with E-state index in [4.69, 9.17) is 0 Å². The normalized spacial score (nSPS) is 10.7. The van der Waals surface area contributed by atoms with Gasteiger partial charge in [0.1, 0.15) is 0 Å². The highest BCUT2D eigenvalue weighted by molar-refractivity contribution is 9.10. The van der Waals surface area contributed by atoms with Crippen LogP contribution in [0.5, 0.6) is 0 Å². The number of aromatic carboxylic acids is 1. The van der Waals surface area contributed by atoms with Crippen LogP contribution in [0.2, 0.25) is 0 Å². The number of fused-ring (bicyclic) bond motifs is 1. The number of carbonyl (C=O) groups is 1. The van der Waals surface area contributed by atoms with Gasteiger partial charge in [0.2, 0.25) is 0 Å². The number of benzene rings is 2. The van der Waals surface area contributed by atoms with E-state index in [0.29, 0.717) is 16.6 Å². The zero-order valence-electron chi connectivity index (χ0n) is 10.4. The first-order valence-electron chi connectivity index (χ1n) is 6.04. The van der Waals surface area contributed by atoms with E-state index in [0.717, 1.165) is 10.0 Å². The van der Waals surface area contributed by atoms with Crippen molar-refractivity contribution in [2.75, 3.05) is 0 Å². The number of hydrogen-bond acceptors (Lipinski definition) is 2. The maximum atomic E-state index is 11.5. The molecule has 0 spiro atoms. The Hall–Kier alpha value is -2.20. The van der Waals surface area contributed by atoms with Crippen LogP contribution in [-0.4, -0.2) is 16.1 Å². The predicted octanol–water partition coefficient (Wildman–Crippen LogP) is 4.36. The van der Waals surface area contributed by atoms with E-state index in [-0.39, 0.29) is 5.56 Å². The van der Waals surface area contributed by atoms with Crippen LogP contribution in [0.1, 0.15) is 10.4 Å². The predicted molar refractivity (Wildman–Crippen MR) is 81.8 cm³/mol. The molecule has 0 atom stereocenters. The van der Waals surface area contributed by atoms with Crippen molar-refractivity contribution in [3.63, 3.8) is 0 Å². The maximum absolute atomic E-state index is 11.5. The number of carboxylic acids is 1. The van der Waals surface area contributed by atoms with E-state index < -0.39 is 5.97 Å².